The van der Waals surface area contributed by atoms with E-state index in [9.17, 15) is 8.78 Å². The third-order valence-corrected chi connectivity index (χ3v) is 3.55. The molecule has 0 atom stereocenters. The molecule has 6 heteroatoms. The van der Waals surface area contributed by atoms with Crippen LogP contribution >= 0.6 is 11.3 Å². The van der Waals surface area contributed by atoms with Gasteiger partial charge in [-0.2, -0.15) is 0 Å². The molecule has 1 aromatic rings. The van der Waals surface area contributed by atoms with E-state index < -0.39 is 5.92 Å². The summed E-state index contributed by atoms with van der Waals surface area (Å²) in [5, 5.41) is 2.73. The zero-order chi connectivity index (χ0) is 11.6. The summed E-state index contributed by atoms with van der Waals surface area (Å²) in [4.78, 5) is 6.26. The first-order chi connectivity index (χ1) is 7.61. The van der Waals surface area contributed by atoms with Gasteiger partial charge in [-0.25, -0.2) is 13.8 Å². The molecule has 0 unspecified atom stereocenters. The molecule has 2 rings (SSSR count). The van der Waals surface area contributed by atoms with Crippen molar-refractivity contribution in [2.45, 2.75) is 25.4 Å². The fourth-order valence-corrected chi connectivity index (χ4v) is 2.54. The van der Waals surface area contributed by atoms with E-state index >= 15 is 0 Å². The molecule has 2 heterocycles. The number of piperidine rings is 1. The van der Waals surface area contributed by atoms with Gasteiger partial charge in [0.15, 0.2) is 5.13 Å². The number of nitrogens with zero attached hydrogens (tertiary/aromatic N) is 2. The average Bonchev–Trinajstić information content (AvgIpc) is 2.67. The predicted octanol–water partition coefficient (Wildman–Crippen LogP) is 2.53. The molecule has 0 bridgehead atoms. The van der Waals surface area contributed by atoms with Crippen LogP contribution in [-0.2, 0) is 11.3 Å². The first kappa shape index (κ1) is 11.7. The van der Waals surface area contributed by atoms with E-state index in [4.69, 9.17) is 4.74 Å². The highest BCUT2D eigenvalue weighted by Gasteiger charge is 2.34. The summed E-state index contributed by atoms with van der Waals surface area (Å²) in [6.45, 7) is 1.24. The van der Waals surface area contributed by atoms with Crippen LogP contribution in [0.4, 0.5) is 13.9 Å². The average molecular weight is 248 g/mol. The minimum Gasteiger partial charge on any atom is -0.378 e. The van der Waals surface area contributed by atoms with Gasteiger partial charge < -0.3 is 9.64 Å². The molecule has 0 spiro atoms. The van der Waals surface area contributed by atoms with Crippen LogP contribution in [0.25, 0.3) is 0 Å². The summed E-state index contributed by atoms with van der Waals surface area (Å²) in [7, 11) is 1.61. The van der Waals surface area contributed by atoms with Gasteiger partial charge in [0.2, 0.25) is 0 Å². The number of thiazole rings is 1. The second-order valence-corrected chi connectivity index (χ2v) is 4.73. The number of rotatable bonds is 3. The maximum atomic E-state index is 13.0. The fourth-order valence-electron chi connectivity index (χ4n) is 1.68. The van der Waals surface area contributed by atoms with Crippen LogP contribution in [0.15, 0.2) is 5.38 Å². The monoisotopic (exact) mass is 248 g/mol. The van der Waals surface area contributed by atoms with Gasteiger partial charge in [-0.3, -0.25) is 0 Å². The van der Waals surface area contributed by atoms with Crippen molar-refractivity contribution in [3.8, 4) is 0 Å². The lowest BCUT2D eigenvalue weighted by Crippen LogP contribution is -2.39. The second-order valence-electron chi connectivity index (χ2n) is 3.90. The smallest absolute Gasteiger partial charge is 0.251 e. The Hall–Kier alpha value is -0.750. The molecule has 0 N–H and O–H groups in total. The van der Waals surface area contributed by atoms with Crippen molar-refractivity contribution >= 4 is 16.5 Å². The van der Waals surface area contributed by atoms with Crippen molar-refractivity contribution in [1.29, 1.82) is 0 Å². The molecule has 1 fully saturated rings. The first-order valence-corrected chi connectivity index (χ1v) is 6.05. The van der Waals surface area contributed by atoms with Crippen molar-refractivity contribution in [3.05, 3.63) is 11.1 Å². The van der Waals surface area contributed by atoms with Crippen molar-refractivity contribution < 1.29 is 13.5 Å². The van der Waals surface area contributed by atoms with Gasteiger partial charge >= 0.3 is 0 Å². The summed E-state index contributed by atoms with van der Waals surface area (Å²) in [5.41, 5.74) is 0.861. The molecular formula is C10H14F2N2OS. The number of aromatic nitrogens is 1. The summed E-state index contributed by atoms with van der Waals surface area (Å²) in [5.74, 6) is -2.50. The van der Waals surface area contributed by atoms with Crippen LogP contribution in [0.3, 0.4) is 0 Å². The van der Waals surface area contributed by atoms with E-state index in [1.807, 2.05) is 10.3 Å². The fraction of sp³-hybridized carbons (Fsp3) is 0.700. The van der Waals surface area contributed by atoms with E-state index in [-0.39, 0.29) is 12.8 Å². The summed E-state index contributed by atoms with van der Waals surface area (Å²) >= 11 is 1.49. The number of anilines is 1. The lowest BCUT2D eigenvalue weighted by Gasteiger charge is -2.31. The lowest BCUT2D eigenvalue weighted by atomic mass is 10.1. The Bertz CT molecular complexity index is 346. The Kier molecular flexibility index (Phi) is 3.39. The molecule has 3 nitrogen and oxygen atoms in total. The number of alkyl halides is 2. The number of methoxy groups -OCH3 is 1. The second kappa shape index (κ2) is 4.63. The molecule has 1 saturated heterocycles. The standard InChI is InChI=1S/C10H14F2N2OS/c1-15-6-8-7-16-9(13-8)14-4-2-10(11,12)3-5-14/h7H,2-6H2,1H3. The maximum absolute atomic E-state index is 13.0. The number of hydrogen-bond acceptors (Lipinski definition) is 4. The van der Waals surface area contributed by atoms with Gasteiger partial charge in [0.1, 0.15) is 0 Å². The number of hydrogen-bond donors (Lipinski definition) is 0. The Morgan fingerprint density at radius 1 is 1.50 bits per heavy atom. The van der Waals surface area contributed by atoms with E-state index in [1.165, 1.54) is 11.3 Å². The van der Waals surface area contributed by atoms with Crippen LogP contribution in [-0.4, -0.2) is 31.1 Å². The van der Waals surface area contributed by atoms with Crippen molar-refractivity contribution in [2.24, 2.45) is 0 Å². The molecule has 16 heavy (non-hydrogen) atoms. The minimum absolute atomic E-state index is 0.0772. The Balaban J connectivity index is 1.97. The van der Waals surface area contributed by atoms with E-state index in [1.54, 1.807) is 7.11 Å². The molecule has 1 aliphatic rings. The van der Waals surface area contributed by atoms with E-state index in [0.717, 1.165) is 10.8 Å². The maximum Gasteiger partial charge on any atom is 0.251 e. The zero-order valence-electron chi connectivity index (χ0n) is 9.08. The highest BCUT2D eigenvalue weighted by molar-refractivity contribution is 7.13. The molecule has 1 aliphatic heterocycles. The van der Waals surface area contributed by atoms with Gasteiger partial charge in [0.05, 0.1) is 12.3 Å². The number of ether oxygens (including phenoxy) is 1. The quantitative estimate of drug-likeness (QED) is 0.822. The zero-order valence-corrected chi connectivity index (χ0v) is 9.90. The first-order valence-electron chi connectivity index (χ1n) is 5.17. The summed E-state index contributed by atoms with van der Waals surface area (Å²) in [6.07, 6.45) is -0.154. The number of halogens is 2. The van der Waals surface area contributed by atoms with Crippen LogP contribution in [0, 0.1) is 0 Å². The van der Waals surface area contributed by atoms with Crippen LogP contribution in [0.5, 0.6) is 0 Å². The molecule has 90 valence electrons. The summed E-state index contributed by atoms with van der Waals surface area (Å²) < 4.78 is 30.9. The molecular weight excluding hydrogens is 234 g/mol. The highest BCUT2D eigenvalue weighted by Crippen LogP contribution is 2.31. The largest absolute Gasteiger partial charge is 0.378 e. The van der Waals surface area contributed by atoms with Gasteiger partial charge in [-0.1, -0.05) is 0 Å². The van der Waals surface area contributed by atoms with Gasteiger partial charge in [0.25, 0.3) is 5.92 Å². The van der Waals surface area contributed by atoms with Gasteiger partial charge in [-0.15, -0.1) is 11.3 Å². The van der Waals surface area contributed by atoms with E-state index in [2.05, 4.69) is 4.98 Å². The van der Waals surface area contributed by atoms with E-state index in [0.29, 0.717) is 19.7 Å². The molecule has 0 radical (unpaired) electrons. The SMILES string of the molecule is COCc1csc(N2CCC(F)(F)CC2)n1. The van der Waals surface area contributed by atoms with Crippen LogP contribution in [0.1, 0.15) is 18.5 Å². The van der Waals surface area contributed by atoms with Gasteiger partial charge in [0, 0.05) is 38.4 Å². The summed E-state index contributed by atoms with van der Waals surface area (Å²) in [6, 6.07) is 0. The third-order valence-electron chi connectivity index (χ3n) is 2.60. The Morgan fingerprint density at radius 2 is 2.19 bits per heavy atom. The third kappa shape index (κ3) is 2.68. The van der Waals surface area contributed by atoms with Gasteiger partial charge in [-0.05, 0) is 0 Å². The van der Waals surface area contributed by atoms with Crippen LogP contribution in [0.2, 0.25) is 0 Å². The molecule has 1 aromatic heterocycles. The highest BCUT2D eigenvalue weighted by atomic mass is 32.1. The van der Waals surface area contributed by atoms with Crippen LogP contribution < -0.4 is 4.90 Å². The lowest BCUT2D eigenvalue weighted by molar-refractivity contribution is -0.0220. The molecule has 0 saturated carbocycles. The van der Waals surface area contributed by atoms with Crippen molar-refractivity contribution in [2.75, 3.05) is 25.1 Å². The topological polar surface area (TPSA) is 25.4 Å². The normalized spacial score (nSPS) is 20.1. The molecule has 0 aliphatic carbocycles. The van der Waals surface area contributed by atoms with Crippen molar-refractivity contribution in [3.63, 3.8) is 0 Å². The Labute approximate surface area is 97.0 Å². The minimum atomic E-state index is -2.50. The van der Waals surface area contributed by atoms with Crippen molar-refractivity contribution in [1.82, 2.24) is 4.98 Å². The predicted molar refractivity (Wildman–Crippen MR) is 59.2 cm³/mol. The molecule has 0 amide bonds. The Morgan fingerprint density at radius 3 is 2.81 bits per heavy atom. The molecule has 0 aromatic carbocycles.